The molecule has 0 aliphatic rings. The summed E-state index contributed by atoms with van der Waals surface area (Å²) in [6, 6.07) is 0. The molecule has 23 heavy (non-hydrogen) atoms. The number of hydrogen-bond acceptors (Lipinski definition) is 1. The molecular formula is C11H11F11O. The second-order valence-corrected chi connectivity index (χ2v) is 4.38. The quantitative estimate of drug-likeness (QED) is 0.315. The summed E-state index contributed by atoms with van der Waals surface area (Å²) in [4.78, 5) is 0. The minimum atomic E-state index is -7.03. The SMILES string of the molecule is CCCC/C=C/[C@@](F)(OC(F)(F)C(F)(F)C(F)(F)F)C(F)(F)F. The summed E-state index contributed by atoms with van der Waals surface area (Å²) >= 11 is 0. The highest BCUT2D eigenvalue weighted by Gasteiger charge is 2.77. The highest BCUT2D eigenvalue weighted by atomic mass is 19.4. The van der Waals surface area contributed by atoms with Crippen molar-refractivity contribution in [1.82, 2.24) is 0 Å². The number of hydrogen-bond donors (Lipinski definition) is 0. The lowest BCUT2D eigenvalue weighted by atomic mass is 10.2. The number of alkyl halides is 11. The molecule has 0 saturated carbocycles. The van der Waals surface area contributed by atoms with Crippen LogP contribution < -0.4 is 0 Å². The fourth-order valence-corrected chi connectivity index (χ4v) is 1.16. The molecule has 0 fully saturated rings. The predicted molar refractivity (Wildman–Crippen MR) is 55.6 cm³/mol. The van der Waals surface area contributed by atoms with E-state index in [4.69, 9.17) is 0 Å². The van der Waals surface area contributed by atoms with Gasteiger partial charge in [0.1, 0.15) is 0 Å². The second-order valence-electron chi connectivity index (χ2n) is 4.38. The van der Waals surface area contributed by atoms with Crippen LogP contribution in [-0.2, 0) is 4.74 Å². The summed E-state index contributed by atoms with van der Waals surface area (Å²) in [5.74, 6) is -12.5. The summed E-state index contributed by atoms with van der Waals surface area (Å²) in [7, 11) is 0. The first-order valence-electron chi connectivity index (χ1n) is 5.97. The summed E-state index contributed by atoms with van der Waals surface area (Å²) in [5.41, 5.74) is 0. The Morgan fingerprint density at radius 1 is 0.783 bits per heavy atom. The van der Waals surface area contributed by atoms with Gasteiger partial charge in [-0.2, -0.15) is 48.3 Å². The van der Waals surface area contributed by atoms with Crippen LogP contribution in [0, 0.1) is 0 Å². The number of halogens is 11. The Labute approximate surface area is 123 Å². The zero-order chi connectivity index (χ0) is 18.7. The number of allylic oxidation sites excluding steroid dienone is 1. The van der Waals surface area contributed by atoms with Gasteiger partial charge < -0.3 is 0 Å². The molecular weight excluding hydrogens is 357 g/mol. The van der Waals surface area contributed by atoms with E-state index in [1.165, 1.54) is 0 Å². The predicted octanol–water partition coefficient (Wildman–Crippen LogP) is 5.77. The van der Waals surface area contributed by atoms with Gasteiger partial charge in [-0.25, -0.2) is 0 Å². The lowest BCUT2D eigenvalue weighted by molar-refractivity contribution is -0.473. The minimum absolute atomic E-state index is 0.194. The maximum Gasteiger partial charge on any atom is 0.462 e. The molecule has 0 saturated heterocycles. The van der Waals surface area contributed by atoms with Crippen LogP contribution >= 0.6 is 0 Å². The molecule has 0 unspecified atom stereocenters. The highest BCUT2D eigenvalue weighted by molar-refractivity contribution is 5.02. The van der Waals surface area contributed by atoms with Crippen LogP contribution in [0.25, 0.3) is 0 Å². The monoisotopic (exact) mass is 368 g/mol. The van der Waals surface area contributed by atoms with Crippen molar-refractivity contribution in [2.45, 2.75) is 56.4 Å². The van der Waals surface area contributed by atoms with Crippen molar-refractivity contribution in [1.29, 1.82) is 0 Å². The second kappa shape index (κ2) is 6.81. The molecule has 0 amide bonds. The van der Waals surface area contributed by atoms with E-state index in [9.17, 15) is 48.3 Å². The molecule has 1 nitrogen and oxygen atoms in total. The lowest BCUT2D eigenvalue weighted by Crippen LogP contribution is -2.58. The van der Waals surface area contributed by atoms with Gasteiger partial charge in [0.15, 0.2) is 0 Å². The molecule has 0 aliphatic heterocycles. The van der Waals surface area contributed by atoms with E-state index >= 15 is 0 Å². The molecule has 12 heteroatoms. The van der Waals surface area contributed by atoms with Gasteiger partial charge in [-0.05, 0) is 12.5 Å². The third-order valence-corrected chi connectivity index (χ3v) is 2.44. The number of rotatable bonds is 7. The average Bonchev–Trinajstić information content (AvgIpc) is 2.31. The van der Waals surface area contributed by atoms with E-state index in [0.29, 0.717) is 12.5 Å². The van der Waals surface area contributed by atoms with Gasteiger partial charge in [0, 0.05) is 0 Å². The first kappa shape index (κ1) is 21.9. The fraction of sp³-hybridized carbons (Fsp3) is 0.818. The molecule has 0 rings (SSSR count). The Hall–Kier alpha value is -1.07. The zero-order valence-corrected chi connectivity index (χ0v) is 11.3. The van der Waals surface area contributed by atoms with Crippen LogP contribution in [0.4, 0.5) is 48.3 Å². The van der Waals surface area contributed by atoms with Gasteiger partial charge in [-0.15, -0.1) is 0 Å². The van der Waals surface area contributed by atoms with Gasteiger partial charge >= 0.3 is 30.2 Å². The highest BCUT2D eigenvalue weighted by Crippen LogP contribution is 2.51. The molecule has 0 bridgehead atoms. The van der Waals surface area contributed by atoms with Crippen molar-refractivity contribution in [3.05, 3.63) is 12.2 Å². The van der Waals surface area contributed by atoms with Crippen LogP contribution in [0.1, 0.15) is 26.2 Å². The van der Waals surface area contributed by atoms with Crippen molar-refractivity contribution in [3.8, 4) is 0 Å². The molecule has 0 heterocycles. The molecule has 138 valence electrons. The third-order valence-electron chi connectivity index (χ3n) is 2.44. The van der Waals surface area contributed by atoms with Crippen LogP contribution in [0.15, 0.2) is 12.2 Å². The first-order chi connectivity index (χ1) is 10.0. The molecule has 0 aromatic heterocycles. The molecule has 0 aliphatic carbocycles. The Kier molecular flexibility index (Phi) is 6.50. The Balaban J connectivity index is 5.60. The van der Waals surface area contributed by atoms with Crippen LogP contribution in [0.3, 0.4) is 0 Å². The molecule has 1 atom stereocenters. The van der Waals surface area contributed by atoms with Crippen LogP contribution in [0.5, 0.6) is 0 Å². The van der Waals surface area contributed by atoms with Crippen molar-refractivity contribution < 1.29 is 53.0 Å². The first-order valence-corrected chi connectivity index (χ1v) is 5.97. The summed E-state index contributed by atoms with van der Waals surface area (Å²) in [6.45, 7) is 1.58. The lowest BCUT2D eigenvalue weighted by Gasteiger charge is -2.33. The fourth-order valence-electron chi connectivity index (χ4n) is 1.16. The van der Waals surface area contributed by atoms with Crippen LogP contribution in [0.2, 0.25) is 0 Å². The van der Waals surface area contributed by atoms with Crippen molar-refractivity contribution in [3.63, 3.8) is 0 Å². The standard InChI is InChI=1S/C11H11F11O/c1-2-3-4-5-6-7(12,9(15,16)17)23-11(21,22)8(13,14)10(18,19)20/h5-6H,2-4H2,1H3/b6-5+/t7-/m1/s1. The molecule has 0 radical (unpaired) electrons. The maximum absolute atomic E-state index is 13.5. The summed E-state index contributed by atoms with van der Waals surface area (Å²) in [6.07, 6.45) is -20.0. The Bertz CT molecular complexity index is 409. The van der Waals surface area contributed by atoms with Gasteiger partial charge in [-0.1, -0.05) is 25.8 Å². The van der Waals surface area contributed by atoms with E-state index in [-0.39, 0.29) is 12.8 Å². The number of ether oxygens (including phenoxy) is 1. The van der Waals surface area contributed by atoms with Gasteiger partial charge in [0.05, 0.1) is 0 Å². The van der Waals surface area contributed by atoms with Gasteiger partial charge in [0.2, 0.25) is 0 Å². The smallest absolute Gasteiger partial charge is 0.266 e. The van der Waals surface area contributed by atoms with E-state index in [1.54, 1.807) is 6.92 Å². The minimum Gasteiger partial charge on any atom is -0.266 e. The maximum atomic E-state index is 13.5. The zero-order valence-electron chi connectivity index (χ0n) is 11.3. The normalized spacial score (nSPS) is 17.6. The van der Waals surface area contributed by atoms with E-state index in [0.717, 1.165) is 0 Å². The van der Waals surface area contributed by atoms with Gasteiger partial charge in [0.25, 0.3) is 0 Å². The van der Waals surface area contributed by atoms with Crippen molar-refractivity contribution in [2.24, 2.45) is 0 Å². The summed E-state index contributed by atoms with van der Waals surface area (Å²) < 4.78 is 139. The van der Waals surface area contributed by atoms with E-state index < -0.39 is 36.3 Å². The van der Waals surface area contributed by atoms with E-state index in [1.807, 2.05) is 0 Å². The molecule has 0 aromatic carbocycles. The van der Waals surface area contributed by atoms with Crippen LogP contribution in [-0.4, -0.2) is 30.2 Å². The molecule has 0 spiro atoms. The summed E-state index contributed by atoms with van der Waals surface area (Å²) in [5, 5.41) is 0. The van der Waals surface area contributed by atoms with E-state index in [2.05, 4.69) is 4.74 Å². The Morgan fingerprint density at radius 3 is 1.61 bits per heavy atom. The van der Waals surface area contributed by atoms with Crippen molar-refractivity contribution >= 4 is 0 Å². The number of unbranched alkanes of at least 4 members (excludes halogenated alkanes) is 2. The topological polar surface area (TPSA) is 9.23 Å². The molecule has 0 aromatic rings. The average molecular weight is 368 g/mol. The van der Waals surface area contributed by atoms with Gasteiger partial charge in [-0.3, -0.25) is 4.74 Å². The Morgan fingerprint density at radius 2 is 1.26 bits per heavy atom. The third kappa shape index (κ3) is 4.95. The molecule has 0 N–H and O–H groups in total. The van der Waals surface area contributed by atoms with Crippen molar-refractivity contribution in [2.75, 3.05) is 0 Å². The largest absolute Gasteiger partial charge is 0.462 e.